The molecule has 0 saturated carbocycles. The topological polar surface area (TPSA) is 55.6 Å². The minimum absolute atomic E-state index is 0.0983. The second-order valence-corrected chi connectivity index (χ2v) is 4.48. The highest BCUT2D eigenvalue weighted by Crippen LogP contribution is 2.22. The Kier molecular flexibility index (Phi) is 4.37. The smallest absolute Gasteiger partial charge is 0.379 e. The lowest BCUT2D eigenvalue weighted by atomic mass is 10.0. The van der Waals surface area contributed by atoms with Crippen molar-refractivity contribution in [2.45, 2.75) is 32.1 Å². The van der Waals surface area contributed by atoms with Crippen LogP contribution in [0.2, 0.25) is 0 Å². The van der Waals surface area contributed by atoms with Gasteiger partial charge in [0.2, 0.25) is 5.91 Å². The van der Waals surface area contributed by atoms with Crippen molar-refractivity contribution < 1.29 is 22.7 Å². The van der Waals surface area contributed by atoms with Crippen LogP contribution in [0.4, 0.5) is 13.2 Å². The van der Waals surface area contributed by atoms with Gasteiger partial charge in [0.1, 0.15) is 6.54 Å². The first kappa shape index (κ1) is 14.2. The van der Waals surface area contributed by atoms with Crippen molar-refractivity contribution in [3.63, 3.8) is 0 Å². The molecule has 2 unspecified atom stereocenters. The van der Waals surface area contributed by atoms with Gasteiger partial charge in [-0.15, -0.1) is 0 Å². The SMILES string of the molecule is CC(C)N(CC(F)(F)F)C(=O)C1COCC1N. The first-order valence-electron chi connectivity index (χ1n) is 5.43. The third-order valence-corrected chi connectivity index (χ3v) is 2.70. The van der Waals surface area contributed by atoms with Gasteiger partial charge in [-0.25, -0.2) is 0 Å². The van der Waals surface area contributed by atoms with E-state index in [1.165, 1.54) is 0 Å². The zero-order chi connectivity index (χ0) is 13.2. The van der Waals surface area contributed by atoms with Crippen molar-refractivity contribution in [1.29, 1.82) is 0 Å². The monoisotopic (exact) mass is 254 g/mol. The van der Waals surface area contributed by atoms with E-state index in [-0.39, 0.29) is 13.2 Å². The third kappa shape index (κ3) is 3.85. The van der Waals surface area contributed by atoms with E-state index in [4.69, 9.17) is 10.5 Å². The molecule has 7 heteroatoms. The summed E-state index contributed by atoms with van der Waals surface area (Å²) in [4.78, 5) is 12.7. The summed E-state index contributed by atoms with van der Waals surface area (Å²) in [5.74, 6) is -1.25. The average molecular weight is 254 g/mol. The molecule has 1 fully saturated rings. The summed E-state index contributed by atoms with van der Waals surface area (Å²) >= 11 is 0. The van der Waals surface area contributed by atoms with Crippen LogP contribution in [0, 0.1) is 5.92 Å². The highest BCUT2D eigenvalue weighted by atomic mass is 19.4. The van der Waals surface area contributed by atoms with Crippen LogP contribution >= 0.6 is 0 Å². The number of ether oxygens (including phenoxy) is 1. The molecule has 17 heavy (non-hydrogen) atoms. The van der Waals surface area contributed by atoms with Crippen molar-refractivity contribution in [3.05, 3.63) is 0 Å². The summed E-state index contributed by atoms with van der Waals surface area (Å²) in [6.07, 6.45) is -4.40. The van der Waals surface area contributed by atoms with Crippen molar-refractivity contribution in [2.24, 2.45) is 11.7 Å². The van der Waals surface area contributed by atoms with Crippen LogP contribution in [-0.4, -0.2) is 48.8 Å². The molecule has 2 N–H and O–H groups in total. The molecule has 0 aromatic carbocycles. The molecule has 1 heterocycles. The lowest BCUT2D eigenvalue weighted by molar-refractivity contribution is -0.167. The number of carbonyl (C=O) groups is 1. The highest BCUT2D eigenvalue weighted by Gasteiger charge is 2.40. The maximum Gasteiger partial charge on any atom is 0.406 e. The van der Waals surface area contributed by atoms with Crippen molar-refractivity contribution >= 4 is 5.91 Å². The van der Waals surface area contributed by atoms with Gasteiger partial charge in [-0.05, 0) is 13.8 Å². The Bertz CT molecular complexity index is 281. The predicted octanol–water partition coefficient (Wildman–Crippen LogP) is 0.759. The molecule has 1 amide bonds. The van der Waals surface area contributed by atoms with Crippen molar-refractivity contribution in [2.75, 3.05) is 19.8 Å². The van der Waals surface area contributed by atoms with Crippen LogP contribution in [0.1, 0.15) is 13.8 Å². The van der Waals surface area contributed by atoms with Gasteiger partial charge in [0.15, 0.2) is 0 Å². The predicted molar refractivity (Wildman–Crippen MR) is 55.2 cm³/mol. The second-order valence-electron chi connectivity index (χ2n) is 4.48. The number of hydrogen-bond acceptors (Lipinski definition) is 3. The van der Waals surface area contributed by atoms with E-state index < -0.39 is 36.6 Å². The Hall–Kier alpha value is -0.820. The number of rotatable bonds is 3. The maximum absolute atomic E-state index is 12.4. The molecule has 0 spiro atoms. The molecule has 0 aliphatic carbocycles. The van der Waals surface area contributed by atoms with E-state index in [1.54, 1.807) is 13.8 Å². The van der Waals surface area contributed by atoms with E-state index in [2.05, 4.69) is 0 Å². The Morgan fingerprint density at radius 3 is 2.41 bits per heavy atom. The fourth-order valence-electron chi connectivity index (χ4n) is 1.75. The lowest BCUT2D eigenvalue weighted by Gasteiger charge is -2.30. The van der Waals surface area contributed by atoms with E-state index in [0.29, 0.717) is 0 Å². The van der Waals surface area contributed by atoms with Gasteiger partial charge in [-0.1, -0.05) is 0 Å². The van der Waals surface area contributed by atoms with Crippen molar-refractivity contribution in [1.82, 2.24) is 4.90 Å². The van der Waals surface area contributed by atoms with Crippen molar-refractivity contribution in [3.8, 4) is 0 Å². The number of amides is 1. The van der Waals surface area contributed by atoms with E-state index in [9.17, 15) is 18.0 Å². The lowest BCUT2D eigenvalue weighted by Crippen LogP contribution is -2.49. The third-order valence-electron chi connectivity index (χ3n) is 2.70. The maximum atomic E-state index is 12.4. The summed E-state index contributed by atoms with van der Waals surface area (Å²) in [5, 5.41) is 0. The van der Waals surface area contributed by atoms with Gasteiger partial charge in [0.25, 0.3) is 0 Å². The molecule has 0 bridgehead atoms. The Morgan fingerprint density at radius 1 is 1.47 bits per heavy atom. The standard InChI is InChI=1S/C10H17F3N2O2/c1-6(2)15(5-10(11,12)13)9(16)7-3-17-4-8(7)14/h6-8H,3-5,14H2,1-2H3. The largest absolute Gasteiger partial charge is 0.406 e. The molecule has 1 aliphatic heterocycles. The molecular weight excluding hydrogens is 237 g/mol. The first-order valence-corrected chi connectivity index (χ1v) is 5.43. The number of hydrogen-bond donors (Lipinski definition) is 1. The minimum Gasteiger partial charge on any atom is -0.379 e. The van der Waals surface area contributed by atoms with Gasteiger partial charge in [0, 0.05) is 12.1 Å². The van der Waals surface area contributed by atoms with Gasteiger partial charge in [-0.3, -0.25) is 4.79 Å². The number of carbonyl (C=O) groups excluding carboxylic acids is 1. The van der Waals surface area contributed by atoms with E-state index in [0.717, 1.165) is 4.90 Å². The van der Waals surface area contributed by atoms with Crippen LogP contribution in [0.5, 0.6) is 0 Å². The molecule has 0 radical (unpaired) electrons. The van der Waals surface area contributed by atoms with Gasteiger partial charge >= 0.3 is 6.18 Å². The molecule has 1 saturated heterocycles. The highest BCUT2D eigenvalue weighted by molar-refractivity contribution is 5.80. The second kappa shape index (κ2) is 5.22. The van der Waals surface area contributed by atoms with Crippen LogP contribution < -0.4 is 5.73 Å². The number of alkyl halides is 3. The Morgan fingerprint density at radius 2 is 2.06 bits per heavy atom. The molecule has 0 aromatic heterocycles. The number of nitrogens with zero attached hydrogens (tertiary/aromatic N) is 1. The fourth-order valence-corrected chi connectivity index (χ4v) is 1.75. The molecule has 1 rings (SSSR count). The van der Waals surface area contributed by atoms with Crippen LogP contribution in [0.25, 0.3) is 0 Å². The molecule has 2 atom stereocenters. The molecule has 4 nitrogen and oxygen atoms in total. The molecule has 0 aromatic rings. The summed E-state index contributed by atoms with van der Waals surface area (Å²) in [6, 6.07) is -1.03. The van der Waals surface area contributed by atoms with Crippen LogP contribution in [0.15, 0.2) is 0 Å². The number of nitrogens with two attached hydrogens (primary N) is 1. The van der Waals surface area contributed by atoms with Crippen LogP contribution in [0.3, 0.4) is 0 Å². The fraction of sp³-hybridized carbons (Fsp3) is 0.900. The van der Waals surface area contributed by atoms with E-state index >= 15 is 0 Å². The summed E-state index contributed by atoms with van der Waals surface area (Å²) in [6.45, 7) is 2.16. The summed E-state index contributed by atoms with van der Waals surface area (Å²) < 4.78 is 42.1. The minimum atomic E-state index is -4.40. The van der Waals surface area contributed by atoms with Crippen LogP contribution in [-0.2, 0) is 9.53 Å². The quantitative estimate of drug-likeness (QED) is 0.809. The normalized spacial score (nSPS) is 25.4. The van der Waals surface area contributed by atoms with Gasteiger partial charge in [-0.2, -0.15) is 13.2 Å². The average Bonchev–Trinajstić information content (AvgIpc) is 2.58. The molecule has 100 valence electrons. The zero-order valence-corrected chi connectivity index (χ0v) is 9.83. The first-order chi connectivity index (χ1) is 7.72. The molecular formula is C10H17F3N2O2. The van der Waals surface area contributed by atoms with Gasteiger partial charge < -0.3 is 15.4 Å². The van der Waals surface area contributed by atoms with E-state index in [1.807, 2.05) is 0 Å². The number of halogens is 3. The summed E-state index contributed by atoms with van der Waals surface area (Å²) in [5.41, 5.74) is 5.63. The Balaban J connectivity index is 2.73. The van der Waals surface area contributed by atoms with Gasteiger partial charge in [0.05, 0.1) is 19.1 Å². The zero-order valence-electron chi connectivity index (χ0n) is 9.83. The Labute approximate surface area is 97.9 Å². The summed E-state index contributed by atoms with van der Waals surface area (Å²) in [7, 11) is 0. The molecule has 1 aliphatic rings.